The average molecular weight is 618 g/mol. The molecule has 12 heteroatoms. The van der Waals surface area contributed by atoms with Gasteiger partial charge in [-0.15, -0.1) is 0 Å². The minimum atomic E-state index is -1.01. The molecule has 0 aromatic heterocycles. The number of carbonyl (C=O) groups is 4. The minimum Gasteiger partial charge on any atom is -0.422 e. The predicted molar refractivity (Wildman–Crippen MR) is 146 cm³/mol. The number of hydrogen-bond donors (Lipinski definition) is 0. The van der Waals surface area contributed by atoms with E-state index in [1.165, 1.54) is 72.8 Å². The molecule has 0 saturated heterocycles. The van der Waals surface area contributed by atoms with Gasteiger partial charge in [0.05, 0.1) is 0 Å². The largest absolute Gasteiger partial charge is 0.422 e. The van der Waals surface area contributed by atoms with Crippen LogP contribution in [0.3, 0.4) is 0 Å². The Hall–Kier alpha value is -4.08. The molecule has 0 aliphatic carbocycles. The molecule has 5 rings (SSSR count). The SMILES string of the molecule is O=C1Oc2cc(Cl)ccc2C(=O)Oc2cc(Cl)ccc2C(=O)Oc2cc(Cl)ccc2C(=O)Oc2cc(Cl)ccc21. The summed E-state index contributed by atoms with van der Waals surface area (Å²) >= 11 is 24.3. The van der Waals surface area contributed by atoms with Gasteiger partial charge in [-0.25, -0.2) is 19.2 Å². The van der Waals surface area contributed by atoms with E-state index >= 15 is 0 Å². The summed E-state index contributed by atoms with van der Waals surface area (Å²) in [5.74, 6) is -5.10. The van der Waals surface area contributed by atoms with E-state index in [1.54, 1.807) is 0 Å². The van der Waals surface area contributed by atoms with Crippen LogP contribution in [0.25, 0.3) is 0 Å². The Kier molecular flexibility index (Phi) is 7.69. The van der Waals surface area contributed by atoms with Crippen LogP contribution in [0.15, 0.2) is 72.8 Å². The lowest BCUT2D eigenvalue weighted by Gasteiger charge is -2.16. The predicted octanol–water partition coefficient (Wildman–Crippen LogP) is 7.49. The van der Waals surface area contributed by atoms with E-state index in [9.17, 15) is 19.2 Å². The molecule has 0 N–H and O–H groups in total. The van der Waals surface area contributed by atoms with E-state index < -0.39 is 23.9 Å². The number of halogens is 4. The molecule has 0 spiro atoms. The molecule has 0 bridgehead atoms. The third-order valence-electron chi connectivity index (χ3n) is 5.46. The van der Waals surface area contributed by atoms with Crippen molar-refractivity contribution >= 4 is 70.3 Å². The number of benzene rings is 4. The second-order valence-corrected chi connectivity index (χ2v) is 9.87. The summed E-state index contributed by atoms with van der Waals surface area (Å²) in [4.78, 5) is 52.9. The fraction of sp³-hybridized carbons (Fsp3) is 0. The summed E-state index contributed by atoms with van der Waals surface area (Å²) in [5.41, 5.74) is -0.856. The molecule has 4 aromatic rings. The van der Waals surface area contributed by atoms with Gasteiger partial charge in [-0.05, 0) is 48.5 Å². The molecule has 200 valence electrons. The zero-order valence-electron chi connectivity index (χ0n) is 19.7. The molecule has 8 nitrogen and oxygen atoms in total. The van der Waals surface area contributed by atoms with Crippen LogP contribution in [-0.4, -0.2) is 23.9 Å². The molecular formula is C28H12Cl4O8. The zero-order chi connectivity index (χ0) is 28.6. The van der Waals surface area contributed by atoms with Crippen molar-refractivity contribution < 1.29 is 38.1 Å². The first kappa shape index (κ1) is 27.5. The second kappa shape index (κ2) is 11.2. The lowest BCUT2D eigenvalue weighted by Crippen LogP contribution is -2.20. The second-order valence-electron chi connectivity index (χ2n) is 8.12. The van der Waals surface area contributed by atoms with Gasteiger partial charge in [-0.3, -0.25) is 0 Å². The molecule has 1 aliphatic rings. The maximum Gasteiger partial charge on any atom is 0.347 e. The number of hydrogen-bond acceptors (Lipinski definition) is 8. The Balaban J connectivity index is 1.70. The third-order valence-corrected chi connectivity index (χ3v) is 6.41. The zero-order valence-corrected chi connectivity index (χ0v) is 22.7. The quantitative estimate of drug-likeness (QED) is 0.148. The highest BCUT2D eigenvalue weighted by Crippen LogP contribution is 2.33. The molecule has 0 radical (unpaired) electrons. The monoisotopic (exact) mass is 616 g/mol. The first-order valence-electron chi connectivity index (χ1n) is 11.2. The number of rotatable bonds is 0. The van der Waals surface area contributed by atoms with Crippen LogP contribution in [0, 0.1) is 0 Å². The summed E-state index contributed by atoms with van der Waals surface area (Å²) in [6.07, 6.45) is 0. The van der Waals surface area contributed by atoms with E-state index in [4.69, 9.17) is 65.4 Å². The highest BCUT2D eigenvalue weighted by Gasteiger charge is 2.27. The third kappa shape index (κ3) is 5.76. The van der Waals surface area contributed by atoms with Crippen molar-refractivity contribution in [2.75, 3.05) is 0 Å². The van der Waals surface area contributed by atoms with Crippen molar-refractivity contribution in [3.63, 3.8) is 0 Å². The fourth-order valence-corrected chi connectivity index (χ4v) is 4.26. The minimum absolute atomic E-state index is 0.138. The number of ether oxygens (including phenoxy) is 4. The van der Waals surface area contributed by atoms with Gasteiger partial charge >= 0.3 is 23.9 Å². The fourth-order valence-electron chi connectivity index (χ4n) is 3.62. The van der Waals surface area contributed by atoms with Crippen molar-refractivity contribution in [3.05, 3.63) is 115 Å². The van der Waals surface area contributed by atoms with E-state index in [2.05, 4.69) is 0 Å². The summed E-state index contributed by atoms with van der Waals surface area (Å²) in [7, 11) is 0. The van der Waals surface area contributed by atoms with Crippen molar-refractivity contribution in [2.45, 2.75) is 0 Å². The van der Waals surface area contributed by atoms with Crippen molar-refractivity contribution in [1.29, 1.82) is 0 Å². The van der Waals surface area contributed by atoms with Crippen LogP contribution < -0.4 is 18.9 Å². The van der Waals surface area contributed by atoms with E-state index in [-0.39, 0.29) is 65.3 Å². The number of esters is 4. The Labute approximate surface area is 245 Å². The average Bonchev–Trinajstić information content (AvgIpc) is 2.88. The Bertz CT molecular complexity index is 1480. The van der Waals surface area contributed by atoms with Gasteiger partial charge in [0.25, 0.3) is 0 Å². The van der Waals surface area contributed by atoms with Gasteiger partial charge in [0.2, 0.25) is 0 Å². The van der Waals surface area contributed by atoms with E-state index in [1.807, 2.05) is 0 Å². The normalized spacial score (nSPS) is 13.5. The van der Waals surface area contributed by atoms with Gasteiger partial charge in [0.15, 0.2) is 0 Å². The molecule has 0 unspecified atom stereocenters. The van der Waals surface area contributed by atoms with Crippen LogP contribution in [0.4, 0.5) is 0 Å². The maximum absolute atomic E-state index is 13.2. The summed E-state index contributed by atoms with van der Waals surface area (Å²) < 4.78 is 21.9. The number of fused-ring (bicyclic) bond motifs is 4. The van der Waals surface area contributed by atoms with Crippen LogP contribution in [0.1, 0.15) is 41.4 Å². The molecule has 4 aromatic carbocycles. The molecular weight excluding hydrogens is 606 g/mol. The maximum atomic E-state index is 13.2. The van der Waals surface area contributed by atoms with Crippen LogP contribution >= 0.6 is 46.4 Å². The molecule has 0 fully saturated rings. The lowest BCUT2D eigenvalue weighted by molar-refractivity contribution is 0.0688. The van der Waals surface area contributed by atoms with Crippen LogP contribution in [0.2, 0.25) is 20.1 Å². The molecule has 1 heterocycles. The van der Waals surface area contributed by atoms with Crippen molar-refractivity contribution in [1.82, 2.24) is 0 Å². The summed E-state index contributed by atoms with van der Waals surface area (Å²) in [6, 6.07) is 15.4. The van der Waals surface area contributed by atoms with Gasteiger partial charge in [0.1, 0.15) is 45.3 Å². The lowest BCUT2D eigenvalue weighted by atomic mass is 10.1. The summed E-state index contributed by atoms with van der Waals surface area (Å²) in [5, 5.41) is 0.551. The van der Waals surface area contributed by atoms with Crippen LogP contribution in [-0.2, 0) is 0 Å². The molecule has 0 amide bonds. The topological polar surface area (TPSA) is 105 Å². The Morgan fingerprint density at radius 3 is 0.750 bits per heavy atom. The van der Waals surface area contributed by atoms with Crippen molar-refractivity contribution in [2.24, 2.45) is 0 Å². The molecule has 0 saturated carbocycles. The first-order valence-corrected chi connectivity index (χ1v) is 12.7. The first-order chi connectivity index (χ1) is 19.1. The summed E-state index contributed by atoms with van der Waals surface area (Å²) in [6.45, 7) is 0. The van der Waals surface area contributed by atoms with Gasteiger partial charge in [-0.1, -0.05) is 46.4 Å². The van der Waals surface area contributed by atoms with Crippen LogP contribution in [0.5, 0.6) is 23.0 Å². The highest BCUT2D eigenvalue weighted by molar-refractivity contribution is 6.32. The van der Waals surface area contributed by atoms with Crippen molar-refractivity contribution in [3.8, 4) is 23.0 Å². The number of carbonyl (C=O) groups excluding carboxylic acids is 4. The smallest absolute Gasteiger partial charge is 0.347 e. The van der Waals surface area contributed by atoms with Gasteiger partial charge in [-0.2, -0.15) is 0 Å². The van der Waals surface area contributed by atoms with Gasteiger partial charge in [0, 0.05) is 44.4 Å². The van der Waals surface area contributed by atoms with E-state index in [0.29, 0.717) is 0 Å². The van der Waals surface area contributed by atoms with E-state index in [0.717, 1.165) is 0 Å². The standard InChI is InChI=1S/C28H12Cl4O8/c29-13-1-5-17-21(9-13)37-26(34)19-7-3-15(31)11-23(19)39-28(36)20-8-4-16(32)12-24(20)40-27(35)18-6-2-14(30)10-22(18)38-25(17)33/h1-12H. The molecule has 40 heavy (non-hydrogen) atoms. The van der Waals surface area contributed by atoms with Gasteiger partial charge < -0.3 is 18.9 Å². The Morgan fingerprint density at radius 1 is 0.350 bits per heavy atom. The Morgan fingerprint density at radius 2 is 0.550 bits per heavy atom. The molecule has 1 aliphatic heterocycles. The highest BCUT2D eigenvalue weighted by atomic mass is 35.5. The molecule has 0 atom stereocenters.